The maximum Gasteiger partial charge on any atom is 0.431 e. The third-order valence-electron chi connectivity index (χ3n) is 2.26. The van der Waals surface area contributed by atoms with E-state index >= 15 is 0 Å². The zero-order valence-corrected chi connectivity index (χ0v) is 9.35. The van der Waals surface area contributed by atoms with Gasteiger partial charge in [0.25, 0.3) is 0 Å². The summed E-state index contributed by atoms with van der Waals surface area (Å²) in [5, 5.41) is 0.502. The van der Waals surface area contributed by atoms with E-state index in [1.807, 2.05) is 6.92 Å². The van der Waals surface area contributed by atoms with Gasteiger partial charge in [0, 0.05) is 5.22 Å². The van der Waals surface area contributed by atoms with Crippen LogP contribution in [-0.4, -0.2) is 15.9 Å². The SMILES string of the molecule is CC1N=c2[nH]c(C(F)(F)F)cc2=CC1Br. The highest BCUT2D eigenvalue weighted by Crippen LogP contribution is 2.26. The van der Waals surface area contributed by atoms with Crippen molar-refractivity contribution in [1.82, 2.24) is 4.98 Å². The molecule has 1 aliphatic heterocycles. The lowest BCUT2D eigenvalue weighted by Gasteiger charge is -2.11. The molecule has 0 saturated heterocycles. The lowest BCUT2D eigenvalue weighted by atomic mass is 10.2. The highest BCUT2D eigenvalue weighted by molar-refractivity contribution is 9.09. The van der Waals surface area contributed by atoms with Gasteiger partial charge < -0.3 is 4.98 Å². The minimum Gasteiger partial charge on any atom is -0.336 e. The normalized spacial score (nSPS) is 25.4. The van der Waals surface area contributed by atoms with Crippen LogP contribution in [0.3, 0.4) is 0 Å². The Hall–Kier alpha value is -0.780. The maximum absolute atomic E-state index is 12.4. The Labute approximate surface area is 92.0 Å². The number of nitrogens with zero attached hydrogens (tertiary/aromatic N) is 1. The molecule has 15 heavy (non-hydrogen) atoms. The molecule has 1 aliphatic rings. The number of hydrogen-bond acceptors (Lipinski definition) is 1. The molecule has 82 valence electrons. The van der Waals surface area contributed by atoms with Gasteiger partial charge in [0.05, 0.1) is 10.9 Å². The Morgan fingerprint density at radius 3 is 2.73 bits per heavy atom. The van der Waals surface area contributed by atoms with E-state index in [2.05, 4.69) is 25.9 Å². The van der Waals surface area contributed by atoms with Gasteiger partial charge in [-0.1, -0.05) is 22.0 Å². The number of alkyl halides is 4. The maximum atomic E-state index is 12.4. The van der Waals surface area contributed by atoms with Gasteiger partial charge in [-0.2, -0.15) is 13.2 Å². The molecule has 0 amide bonds. The fourth-order valence-corrected chi connectivity index (χ4v) is 1.83. The van der Waals surface area contributed by atoms with Crippen LogP contribution in [-0.2, 0) is 6.18 Å². The number of halogens is 4. The van der Waals surface area contributed by atoms with Crippen molar-refractivity contribution in [3.63, 3.8) is 0 Å². The number of rotatable bonds is 0. The van der Waals surface area contributed by atoms with Crippen LogP contribution in [0.2, 0.25) is 0 Å². The summed E-state index contributed by atoms with van der Waals surface area (Å²) in [7, 11) is 0. The van der Waals surface area contributed by atoms with E-state index in [1.54, 1.807) is 6.08 Å². The minimum absolute atomic E-state index is 0.0121. The smallest absolute Gasteiger partial charge is 0.336 e. The molecule has 0 bridgehead atoms. The van der Waals surface area contributed by atoms with E-state index in [1.165, 1.54) is 0 Å². The Balaban J connectivity index is 2.59. The van der Waals surface area contributed by atoms with Crippen molar-refractivity contribution in [1.29, 1.82) is 0 Å². The average Bonchev–Trinajstić information content (AvgIpc) is 2.47. The first kappa shape index (κ1) is 10.7. The van der Waals surface area contributed by atoms with Crippen molar-refractivity contribution >= 4 is 22.0 Å². The number of hydrogen-bond donors (Lipinski definition) is 1. The van der Waals surface area contributed by atoms with E-state index < -0.39 is 11.9 Å². The highest BCUT2D eigenvalue weighted by atomic mass is 79.9. The molecular weight excluding hydrogens is 273 g/mol. The number of fused-ring (bicyclic) bond motifs is 1. The Morgan fingerprint density at radius 2 is 2.13 bits per heavy atom. The summed E-state index contributed by atoms with van der Waals surface area (Å²) in [5.41, 5.74) is -0.438. The van der Waals surface area contributed by atoms with Crippen molar-refractivity contribution in [3.05, 3.63) is 22.5 Å². The van der Waals surface area contributed by atoms with Crippen LogP contribution in [0, 0.1) is 0 Å². The first-order chi connectivity index (χ1) is 6.88. The van der Waals surface area contributed by atoms with Crippen molar-refractivity contribution in [2.75, 3.05) is 0 Å². The van der Waals surface area contributed by atoms with E-state index in [4.69, 9.17) is 0 Å². The predicted molar refractivity (Wildman–Crippen MR) is 53.2 cm³/mol. The fourth-order valence-electron chi connectivity index (χ4n) is 1.43. The quantitative estimate of drug-likeness (QED) is 0.700. The zero-order valence-electron chi connectivity index (χ0n) is 7.77. The molecule has 2 heterocycles. The van der Waals surface area contributed by atoms with Crippen LogP contribution in [0.1, 0.15) is 12.6 Å². The van der Waals surface area contributed by atoms with Gasteiger partial charge >= 0.3 is 6.18 Å². The highest BCUT2D eigenvalue weighted by Gasteiger charge is 2.32. The van der Waals surface area contributed by atoms with Crippen molar-refractivity contribution in [2.45, 2.75) is 24.0 Å². The lowest BCUT2D eigenvalue weighted by molar-refractivity contribution is -0.140. The van der Waals surface area contributed by atoms with E-state index in [0.29, 0.717) is 10.7 Å². The first-order valence-electron chi connectivity index (χ1n) is 4.38. The summed E-state index contributed by atoms with van der Waals surface area (Å²) in [5.74, 6) is 0. The predicted octanol–water partition coefficient (Wildman–Crippen LogP) is 1.60. The van der Waals surface area contributed by atoms with Gasteiger partial charge in [0.2, 0.25) is 0 Å². The number of aromatic amines is 1. The number of H-pyrrole nitrogens is 1. The molecule has 0 aromatic carbocycles. The summed E-state index contributed by atoms with van der Waals surface area (Å²) in [4.78, 5) is 6.40. The van der Waals surface area contributed by atoms with E-state index in [-0.39, 0.29) is 10.9 Å². The molecule has 2 nitrogen and oxygen atoms in total. The van der Waals surface area contributed by atoms with Gasteiger partial charge in [0.1, 0.15) is 11.2 Å². The van der Waals surface area contributed by atoms with Gasteiger partial charge in [-0.3, -0.25) is 4.99 Å². The molecule has 1 aromatic rings. The van der Waals surface area contributed by atoms with Crippen molar-refractivity contribution < 1.29 is 13.2 Å². The van der Waals surface area contributed by atoms with Crippen LogP contribution in [0.5, 0.6) is 0 Å². The van der Waals surface area contributed by atoms with Crippen LogP contribution >= 0.6 is 15.9 Å². The minimum atomic E-state index is -4.34. The molecular formula is C9H8BrF3N2. The molecule has 0 radical (unpaired) electrons. The summed E-state index contributed by atoms with van der Waals surface area (Å²) >= 11 is 3.34. The molecule has 0 spiro atoms. The third-order valence-corrected chi connectivity index (χ3v) is 3.29. The lowest BCUT2D eigenvalue weighted by Crippen LogP contribution is -2.33. The number of aromatic nitrogens is 1. The Morgan fingerprint density at radius 1 is 1.47 bits per heavy atom. The fraction of sp³-hybridized carbons (Fsp3) is 0.444. The molecule has 6 heteroatoms. The summed E-state index contributed by atoms with van der Waals surface area (Å²) < 4.78 is 37.1. The second kappa shape index (κ2) is 3.37. The average molecular weight is 281 g/mol. The van der Waals surface area contributed by atoms with Gasteiger partial charge in [-0.25, -0.2) is 0 Å². The van der Waals surface area contributed by atoms with E-state index in [9.17, 15) is 13.2 Å². The second-order valence-electron chi connectivity index (χ2n) is 3.47. The van der Waals surface area contributed by atoms with Crippen LogP contribution in [0.25, 0.3) is 6.08 Å². The van der Waals surface area contributed by atoms with Crippen LogP contribution < -0.4 is 10.7 Å². The molecule has 0 saturated carbocycles. The largest absolute Gasteiger partial charge is 0.431 e. The Bertz CT molecular complexity index is 451. The molecule has 2 atom stereocenters. The van der Waals surface area contributed by atoms with Gasteiger partial charge in [0.15, 0.2) is 0 Å². The second-order valence-corrected chi connectivity index (χ2v) is 4.52. The molecule has 2 rings (SSSR count). The topological polar surface area (TPSA) is 28.1 Å². The molecule has 0 fully saturated rings. The molecule has 0 aliphatic carbocycles. The first-order valence-corrected chi connectivity index (χ1v) is 5.29. The van der Waals surface area contributed by atoms with Crippen molar-refractivity contribution in [3.8, 4) is 0 Å². The number of nitrogens with one attached hydrogen (secondary N) is 1. The van der Waals surface area contributed by atoms with Crippen molar-refractivity contribution in [2.24, 2.45) is 4.99 Å². The monoisotopic (exact) mass is 280 g/mol. The van der Waals surface area contributed by atoms with Crippen LogP contribution in [0.4, 0.5) is 13.2 Å². The zero-order chi connectivity index (χ0) is 11.2. The van der Waals surface area contributed by atoms with Gasteiger partial charge in [-0.05, 0) is 13.0 Å². The molecule has 1 N–H and O–H groups in total. The van der Waals surface area contributed by atoms with Crippen LogP contribution in [0.15, 0.2) is 11.1 Å². The summed E-state index contributed by atoms with van der Waals surface area (Å²) in [6.45, 7) is 1.84. The molecule has 1 aromatic heterocycles. The third kappa shape index (κ3) is 1.95. The molecule has 2 unspecified atom stereocenters. The summed E-state index contributed by atoms with van der Waals surface area (Å²) in [6.07, 6.45) is -2.61. The Kier molecular flexibility index (Phi) is 2.41. The van der Waals surface area contributed by atoms with E-state index in [0.717, 1.165) is 6.07 Å². The summed E-state index contributed by atoms with van der Waals surface area (Å²) in [6, 6.07) is 1.02. The standard InChI is InChI=1S/C9H8BrF3N2/c1-4-6(10)2-5-3-7(9(11,12)13)15-8(5)14-4/h2-4,6H,1H3,(H,14,15). The van der Waals surface area contributed by atoms with Gasteiger partial charge in [-0.15, -0.1) is 0 Å².